The Morgan fingerprint density at radius 2 is 1.95 bits per heavy atom. The van der Waals surface area contributed by atoms with Gasteiger partial charge in [0.25, 0.3) is 0 Å². The fourth-order valence-electron chi connectivity index (χ4n) is 2.47. The summed E-state index contributed by atoms with van der Waals surface area (Å²) in [6.45, 7) is 10.7. The largest absolute Gasteiger partial charge is 0.478 e. The maximum atomic E-state index is 10.8. The predicted octanol–water partition coefficient (Wildman–Crippen LogP) is 3.43. The van der Waals surface area contributed by atoms with E-state index in [1.165, 1.54) is 6.20 Å². The van der Waals surface area contributed by atoms with Gasteiger partial charge in [-0.05, 0) is 30.9 Å². The SMILES string of the molecule is CCC(CC)N(Cc1ccc(C(=O)O)cn1)CC(C)C. The van der Waals surface area contributed by atoms with Crippen molar-refractivity contribution in [1.29, 1.82) is 0 Å². The van der Waals surface area contributed by atoms with Crippen molar-refractivity contribution < 1.29 is 9.90 Å². The van der Waals surface area contributed by atoms with E-state index in [-0.39, 0.29) is 5.56 Å². The Hall–Kier alpha value is -1.42. The molecule has 0 amide bonds. The first-order chi connectivity index (χ1) is 9.47. The Morgan fingerprint density at radius 1 is 1.30 bits per heavy atom. The van der Waals surface area contributed by atoms with Gasteiger partial charge < -0.3 is 5.11 Å². The van der Waals surface area contributed by atoms with Crippen molar-refractivity contribution in [3.8, 4) is 0 Å². The molecule has 0 spiro atoms. The summed E-state index contributed by atoms with van der Waals surface area (Å²) >= 11 is 0. The van der Waals surface area contributed by atoms with Crippen molar-refractivity contribution in [1.82, 2.24) is 9.88 Å². The van der Waals surface area contributed by atoms with Gasteiger partial charge in [0.2, 0.25) is 0 Å². The van der Waals surface area contributed by atoms with E-state index in [1.54, 1.807) is 6.07 Å². The van der Waals surface area contributed by atoms with Gasteiger partial charge in [0.15, 0.2) is 0 Å². The van der Waals surface area contributed by atoms with Crippen molar-refractivity contribution in [2.24, 2.45) is 5.92 Å². The third-order valence-corrected chi connectivity index (χ3v) is 3.50. The second-order valence-corrected chi connectivity index (χ2v) is 5.64. The molecule has 4 heteroatoms. The Bertz CT molecular complexity index is 411. The van der Waals surface area contributed by atoms with Gasteiger partial charge >= 0.3 is 5.97 Å². The number of nitrogens with zero attached hydrogens (tertiary/aromatic N) is 2. The summed E-state index contributed by atoms with van der Waals surface area (Å²) in [4.78, 5) is 17.6. The molecule has 0 saturated heterocycles. The zero-order valence-corrected chi connectivity index (χ0v) is 13.0. The zero-order chi connectivity index (χ0) is 15.1. The van der Waals surface area contributed by atoms with E-state index >= 15 is 0 Å². The molecule has 0 bridgehead atoms. The highest BCUT2D eigenvalue weighted by atomic mass is 16.4. The number of carboxylic acids is 1. The van der Waals surface area contributed by atoms with Crippen LogP contribution in [0.2, 0.25) is 0 Å². The molecule has 0 aliphatic heterocycles. The highest BCUT2D eigenvalue weighted by Crippen LogP contribution is 2.15. The summed E-state index contributed by atoms with van der Waals surface area (Å²) in [6, 6.07) is 4.00. The van der Waals surface area contributed by atoms with Crippen molar-refractivity contribution in [2.45, 2.75) is 53.1 Å². The van der Waals surface area contributed by atoms with E-state index in [2.05, 4.69) is 37.6 Å². The maximum Gasteiger partial charge on any atom is 0.337 e. The van der Waals surface area contributed by atoms with Crippen LogP contribution in [-0.4, -0.2) is 33.5 Å². The van der Waals surface area contributed by atoms with Crippen LogP contribution in [0.1, 0.15) is 56.6 Å². The molecule has 0 atom stereocenters. The molecular formula is C16H26N2O2. The van der Waals surface area contributed by atoms with Crippen LogP contribution in [0.3, 0.4) is 0 Å². The lowest BCUT2D eigenvalue weighted by molar-refractivity contribution is 0.0696. The number of rotatable bonds is 8. The number of pyridine rings is 1. The predicted molar refractivity (Wildman–Crippen MR) is 80.8 cm³/mol. The molecule has 1 rings (SSSR count). The summed E-state index contributed by atoms with van der Waals surface area (Å²) in [5, 5.41) is 8.89. The third kappa shape index (κ3) is 4.93. The summed E-state index contributed by atoms with van der Waals surface area (Å²) in [5.74, 6) is -0.322. The fraction of sp³-hybridized carbons (Fsp3) is 0.625. The molecule has 0 aliphatic rings. The van der Waals surface area contributed by atoms with Gasteiger partial charge in [-0.2, -0.15) is 0 Å². The highest BCUT2D eigenvalue weighted by molar-refractivity contribution is 5.87. The second kappa shape index (κ2) is 8.00. The van der Waals surface area contributed by atoms with Crippen LogP contribution >= 0.6 is 0 Å². The van der Waals surface area contributed by atoms with Crippen molar-refractivity contribution in [2.75, 3.05) is 6.54 Å². The van der Waals surface area contributed by atoms with Crippen LogP contribution in [0.4, 0.5) is 0 Å². The van der Waals surface area contributed by atoms with E-state index < -0.39 is 5.97 Å². The summed E-state index contributed by atoms with van der Waals surface area (Å²) in [6.07, 6.45) is 3.69. The van der Waals surface area contributed by atoms with E-state index in [9.17, 15) is 4.79 Å². The average molecular weight is 278 g/mol. The number of carboxylic acid groups (broad SMARTS) is 1. The Morgan fingerprint density at radius 3 is 2.35 bits per heavy atom. The normalized spacial score (nSPS) is 11.6. The molecule has 1 N–H and O–H groups in total. The monoisotopic (exact) mass is 278 g/mol. The van der Waals surface area contributed by atoms with Crippen molar-refractivity contribution in [3.63, 3.8) is 0 Å². The minimum absolute atomic E-state index is 0.242. The van der Waals surface area contributed by atoms with Gasteiger partial charge in [-0.3, -0.25) is 9.88 Å². The minimum atomic E-state index is -0.928. The third-order valence-electron chi connectivity index (χ3n) is 3.50. The molecule has 0 fully saturated rings. The Labute approximate surface area is 121 Å². The molecular weight excluding hydrogens is 252 g/mol. The summed E-state index contributed by atoms with van der Waals surface area (Å²) < 4.78 is 0. The van der Waals surface area contributed by atoms with E-state index in [1.807, 2.05) is 6.07 Å². The molecule has 4 nitrogen and oxygen atoms in total. The summed E-state index contributed by atoms with van der Waals surface area (Å²) in [5.41, 5.74) is 1.18. The quantitative estimate of drug-likeness (QED) is 0.791. The molecule has 20 heavy (non-hydrogen) atoms. The lowest BCUT2D eigenvalue weighted by Crippen LogP contribution is -2.37. The molecule has 112 valence electrons. The number of hydrogen-bond donors (Lipinski definition) is 1. The van der Waals surface area contributed by atoms with Gasteiger partial charge in [0.05, 0.1) is 11.3 Å². The fourth-order valence-corrected chi connectivity index (χ4v) is 2.47. The first-order valence-electron chi connectivity index (χ1n) is 7.40. The Kier molecular flexibility index (Phi) is 6.65. The lowest BCUT2D eigenvalue weighted by Gasteiger charge is -2.31. The number of aromatic carboxylic acids is 1. The molecule has 0 saturated carbocycles. The van der Waals surface area contributed by atoms with Crippen molar-refractivity contribution in [3.05, 3.63) is 29.6 Å². The smallest absolute Gasteiger partial charge is 0.337 e. The number of aromatic nitrogens is 1. The molecule has 0 aliphatic carbocycles. The molecule has 1 aromatic heterocycles. The van der Waals surface area contributed by atoms with Crippen molar-refractivity contribution >= 4 is 5.97 Å². The zero-order valence-electron chi connectivity index (χ0n) is 13.0. The van der Waals surface area contributed by atoms with Gasteiger partial charge in [-0.15, -0.1) is 0 Å². The van der Waals surface area contributed by atoms with Crippen LogP contribution in [0, 0.1) is 5.92 Å². The van der Waals surface area contributed by atoms with E-state index in [4.69, 9.17) is 5.11 Å². The van der Waals surface area contributed by atoms with E-state index in [0.717, 1.165) is 31.6 Å². The number of hydrogen-bond acceptors (Lipinski definition) is 3. The van der Waals surface area contributed by atoms with E-state index in [0.29, 0.717) is 12.0 Å². The lowest BCUT2D eigenvalue weighted by atomic mass is 10.1. The molecule has 1 heterocycles. The maximum absolute atomic E-state index is 10.8. The van der Waals surface area contributed by atoms with Gasteiger partial charge in [0.1, 0.15) is 0 Å². The first-order valence-corrected chi connectivity index (χ1v) is 7.40. The first kappa shape index (κ1) is 16.6. The molecule has 0 radical (unpaired) electrons. The van der Waals surface area contributed by atoms with Crippen LogP contribution < -0.4 is 0 Å². The van der Waals surface area contributed by atoms with Gasteiger partial charge in [-0.25, -0.2) is 4.79 Å². The molecule has 0 unspecified atom stereocenters. The highest BCUT2D eigenvalue weighted by Gasteiger charge is 2.17. The average Bonchev–Trinajstić information content (AvgIpc) is 2.40. The molecule has 0 aromatic carbocycles. The number of carbonyl (C=O) groups is 1. The standard InChI is InChI=1S/C16H26N2O2/c1-5-15(6-2)18(10-12(3)4)11-14-8-7-13(9-17-14)16(19)20/h7-9,12,15H,5-6,10-11H2,1-4H3,(H,19,20). The van der Waals surface area contributed by atoms with Crippen LogP contribution in [0.5, 0.6) is 0 Å². The van der Waals surface area contributed by atoms with Gasteiger partial charge in [0, 0.05) is 25.3 Å². The van der Waals surface area contributed by atoms with Crippen LogP contribution in [-0.2, 0) is 6.54 Å². The molecule has 1 aromatic rings. The van der Waals surface area contributed by atoms with Gasteiger partial charge in [-0.1, -0.05) is 27.7 Å². The summed E-state index contributed by atoms with van der Waals surface area (Å²) in [7, 11) is 0. The van der Waals surface area contributed by atoms with Crippen LogP contribution in [0.25, 0.3) is 0 Å². The second-order valence-electron chi connectivity index (χ2n) is 5.64. The minimum Gasteiger partial charge on any atom is -0.478 e. The topological polar surface area (TPSA) is 53.4 Å². The van der Waals surface area contributed by atoms with Crippen LogP contribution in [0.15, 0.2) is 18.3 Å². The Balaban J connectivity index is 2.80.